The predicted octanol–water partition coefficient (Wildman–Crippen LogP) is 2.71. The molecular weight excluding hydrogens is 307 g/mol. The Morgan fingerprint density at radius 1 is 1.37 bits per heavy atom. The largest absolute Gasteiger partial charge is 0.347 e. The number of rotatable bonds is 6. The Kier molecular flexibility index (Phi) is 6.62. The van der Waals surface area contributed by atoms with Gasteiger partial charge in [-0.1, -0.05) is 18.5 Å². The van der Waals surface area contributed by atoms with Crippen LogP contribution in [0.5, 0.6) is 0 Å². The summed E-state index contributed by atoms with van der Waals surface area (Å²) in [5, 5.41) is 5.42. The van der Waals surface area contributed by atoms with E-state index in [1.807, 2.05) is 19.9 Å². The zero-order valence-electron chi connectivity index (χ0n) is 10.7. The number of carbonyl (C=O) groups excluding carboxylic acids is 2. The third-order valence-corrected chi connectivity index (χ3v) is 4.22. The molecule has 2 N–H and O–H groups in total. The lowest BCUT2D eigenvalue weighted by molar-refractivity contribution is -0.128. The van der Waals surface area contributed by atoms with Crippen molar-refractivity contribution in [1.82, 2.24) is 10.6 Å². The van der Waals surface area contributed by atoms with E-state index in [0.29, 0.717) is 10.8 Å². The summed E-state index contributed by atoms with van der Waals surface area (Å²) in [5.41, 5.74) is 0. The van der Waals surface area contributed by atoms with Crippen LogP contribution in [0.4, 0.5) is 0 Å². The summed E-state index contributed by atoms with van der Waals surface area (Å²) < 4.78 is 0.679. The summed E-state index contributed by atoms with van der Waals surface area (Å²) >= 11 is 12.7. The quantitative estimate of drug-likeness (QED) is 0.791. The second-order valence-electron chi connectivity index (χ2n) is 4.03. The van der Waals surface area contributed by atoms with Gasteiger partial charge >= 0.3 is 0 Å². The first kappa shape index (κ1) is 16.3. The van der Waals surface area contributed by atoms with Crippen molar-refractivity contribution < 1.29 is 9.59 Å². The van der Waals surface area contributed by atoms with Crippen molar-refractivity contribution in [3.8, 4) is 0 Å². The molecule has 0 fully saturated rings. The molecule has 19 heavy (non-hydrogen) atoms. The molecule has 106 valence electrons. The summed E-state index contributed by atoms with van der Waals surface area (Å²) in [4.78, 5) is 24.2. The molecule has 1 aromatic heterocycles. The van der Waals surface area contributed by atoms with Gasteiger partial charge in [-0.2, -0.15) is 0 Å². The van der Waals surface area contributed by atoms with E-state index in [1.54, 1.807) is 6.07 Å². The van der Waals surface area contributed by atoms with Crippen molar-refractivity contribution >= 4 is 46.4 Å². The first-order valence-electron chi connectivity index (χ1n) is 5.88. The number of hydrogen-bond donors (Lipinski definition) is 2. The van der Waals surface area contributed by atoms with Crippen molar-refractivity contribution in [2.24, 2.45) is 0 Å². The van der Waals surface area contributed by atoms with Crippen LogP contribution in [0.1, 0.15) is 31.2 Å². The molecule has 4 nitrogen and oxygen atoms in total. The summed E-state index contributed by atoms with van der Waals surface area (Å²) in [6.07, 6.45) is 0.506. The van der Waals surface area contributed by atoms with E-state index in [4.69, 9.17) is 23.2 Å². The lowest BCUT2D eigenvalue weighted by Crippen LogP contribution is -2.47. The molecule has 0 aromatic carbocycles. The van der Waals surface area contributed by atoms with Crippen LogP contribution < -0.4 is 10.6 Å². The van der Waals surface area contributed by atoms with Gasteiger partial charge in [-0.05, 0) is 25.5 Å². The molecule has 1 heterocycles. The van der Waals surface area contributed by atoms with Gasteiger partial charge in [-0.25, -0.2) is 0 Å². The van der Waals surface area contributed by atoms with Crippen molar-refractivity contribution in [3.63, 3.8) is 0 Å². The van der Waals surface area contributed by atoms with E-state index in [1.165, 1.54) is 11.3 Å². The average molecular weight is 323 g/mol. The Balaban J connectivity index is 2.59. The number of thiophene rings is 1. The molecule has 0 saturated heterocycles. The van der Waals surface area contributed by atoms with Gasteiger partial charge in [0.1, 0.15) is 11.9 Å². The number of halogens is 2. The lowest BCUT2D eigenvalue weighted by Gasteiger charge is -2.19. The maximum atomic E-state index is 12.0. The lowest BCUT2D eigenvalue weighted by atomic mass is 10.2. The van der Waals surface area contributed by atoms with Gasteiger partial charge in [-0.3, -0.25) is 9.59 Å². The third kappa shape index (κ3) is 5.01. The monoisotopic (exact) mass is 322 g/mol. The van der Waals surface area contributed by atoms with E-state index in [2.05, 4.69) is 10.6 Å². The predicted molar refractivity (Wildman–Crippen MR) is 78.8 cm³/mol. The number of amides is 2. The van der Waals surface area contributed by atoms with Gasteiger partial charge in [0.2, 0.25) is 11.8 Å². The fraction of sp³-hybridized carbons (Fsp3) is 0.500. The fourth-order valence-corrected chi connectivity index (χ4v) is 2.67. The molecule has 7 heteroatoms. The molecule has 2 amide bonds. The minimum atomic E-state index is -0.566. The molecule has 0 saturated carbocycles. The van der Waals surface area contributed by atoms with E-state index in [-0.39, 0.29) is 23.7 Å². The van der Waals surface area contributed by atoms with Gasteiger partial charge < -0.3 is 10.6 Å². The van der Waals surface area contributed by atoms with Crippen LogP contribution in [-0.2, 0) is 9.59 Å². The van der Waals surface area contributed by atoms with E-state index >= 15 is 0 Å². The van der Waals surface area contributed by atoms with Gasteiger partial charge in [0.15, 0.2) is 0 Å². The molecule has 0 aliphatic heterocycles. The Morgan fingerprint density at radius 2 is 2.05 bits per heavy atom. The molecule has 1 rings (SSSR count). The Labute approximate surface area is 126 Å². The van der Waals surface area contributed by atoms with Gasteiger partial charge in [-0.15, -0.1) is 22.9 Å². The van der Waals surface area contributed by atoms with Crippen LogP contribution in [0, 0.1) is 0 Å². The Hall–Kier alpha value is -0.780. The maximum absolute atomic E-state index is 12.0. The zero-order valence-corrected chi connectivity index (χ0v) is 13.0. The van der Waals surface area contributed by atoms with E-state index < -0.39 is 6.04 Å². The van der Waals surface area contributed by atoms with Crippen LogP contribution in [-0.4, -0.2) is 23.7 Å². The van der Waals surface area contributed by atoms with Gasteiger partial charge in [0, 0.05) is 4.88 Å². The highest BCUT2D eigenvalue weighted by atomic mass is 35.5. The topological polar surface area (TPSA) is 58.2 Å². The van der Waals surface area contributed by atoms with Crippen LogP contribution in [0.25, 0.3) is 0 Å². The smallest absolute Gasteiger partial charge is 0.243 e. The van der Waals surface area contributed by atoms with Crippen LogP contribution in [0.2, 0.25) is 4.34 Å². The van der Waals surface area contributed by atoms with Crippen LogP contribution >= 0.6 is 34.5 Å². The maximum Gasteiger partial charge on any atom is 0.243 e. The number of alkyl halides is 1. The third-order valence-electron chi connectivity index (χ3n) is 2.56. The minimum absolute atomic E-state index is 0.146. The van der Waals surface area contributed by atoms with Gasteiger partial charge in [0.25, 0.3) is 0 Å². The van der Waals surface area contributed by atoms with E-state index in [9.17, 15) is 9.59 Å². The molecular formula is C12H16Cl2N2O2S. The normalized spacial score (nSPS) is 13.7. The molecule has 0 spiro atoms. The molecule has 0 bridgehead atoms. The zero-order chi connectivity index (χ0) is 14.4. The molecule has 2 unspecified atom stereocenters. The molecule has 2 atom stereocenters. The second kappa shape index (κ2) is 7.72. The molecule has 0 aliphatic carbocycles. The SMILES string of the molecule is CCC(NC(=O)CCl)C(=O)NC(C)c1ccc(Cl)s1. The number of hydrogen-bond acceptors (Lipinski definition) is 3. The Bertz CT molecular complexity index is 451. The molecule has 1 aromatic rings. The van der Waals surface area contributed by atoms with Crippen molar-refractivity contribution in [2.45, 2.75) is 32.4 Å². The van der Waals surface area contributed by atoms with Crippen LogP contribution in [0.15, 0.2) is 12.1 Å². The number of carbonyl (C=O) groups is 2. The summed E-state index contributed by atoms with van der Waals surface area (Å²) in [5.74, 6) is -0.728. The summed E-state index contributed by atoms with van der Waals surface area (Å²) in [7, 11) is 0. The number of nitrogens with one attached hydrogen (secondary N) is 2. The average Bonchev–Trinajstić information content (AvgIpc) is 2.82. The second-order valence-corrected chi connectivity index (χ2v) is 6.05. The first-order chi connectivity index (χ1) is 8.97. The fourth-order valence-electron chi connectivity index (χ4n) is 1.53. The highest BCUT2D eigenvalue weighted by Crippen LogP contribution is 2.26. The summed E-state index contributed by atoms with van der Waals surface area (Å²) in [6.45, 7) is 3.70. The first-order valence-corrected chi connectivity index (χ1v) is 7.61. The van der Waals surface area contributed by atoms with Crippen LogP contribution in [0.3, 0.4) is 0 Å². The Morgan fingerprint density at radius 3 is 2.53 bits per heavy atom. The highest BCUT2D eigenvalue weighted by Gasteiger charge is 2.20. The van der Waals surface area contributed by atoms with Crippen molar-refractivity contribution in [3.05, 3.63) is 21.3 Å². The molecule has 0 aliphatic rings. The van der Waals surface area contributed by atoms with Crippen molar-refractivity contribution in [1.29, 1.82) is 0 Å². The standard InChI is InChI=1S/C12H16Cl2N2O2S/c1-3-8(16-11(17)6-13)12(18)15-7(2)9-4-5-10(14)19-9/h4-5,7-8H,3,6H2,1-2H3,(H,15,18)(H,16,17). The molecule has 0 radical (unpaired) electrons. The highest BCUT2D eigenvalue weighted by molar-refractivity contribution is 7.16. The van der Waals surface area contributed by atoms with Crippen molar-refractivity contribution in [2.75, 3.05) is 5.88 Å². The summed E-state index contributed by atoms with van der Waals surface area (Å²) in [6, 6.07) is 2.95. The van der Waals surface area contributed by atoms with Gasteiger partial charge in [0.05, 0.1) is 10.4 Å². The van der Waals surface area contributed by atoms with E-state index in [0.717, 1.165) is 4.88 Å². The minimum Gasteiger partial charge on any atom is -0.347 e.